The largest absolute Gasteiger partial charge is 0.467 e. The van der Waals surface area contributed by atoms with Gasteiger partial charge >= 0.3 is 0 Å². The van der Waals surface area contributed by atoms with Crippen LogP contribution < -0.4 is 10.6 Å². The summed E-state index contributed by atoms with van der Waals surface area (Å²) in [5.74, 6) is 0.207. The van der Waals surface area contributed by atoms with Crippen molar-refractivity contribution in [1.82, 2.24) is 15.5 Å². The number of piperidine rings is 1. The predicted molar refractivity (Wildman–Crippen MR) is 126 cm³/mol. The van der Waals surface area contributed by atoms with E-state index in [1.807, 2.05) is 24.0 Å². The van der Waals surface area contributed by atoms with Gasteiger partial charge in [0.15, 0.2) is 0 Å². The Morgan fingerprint density at radius 1 is 1.09 bits per heavy atom. The van der Waals surface area contributed by atoms with Crippen LogP contribution in [-0.2, 0) is 16.1 Å². The smallest absolute Gasteiger partial charge is 0.251 e. The molecule has 3 rings (SSSR count). The summed E-state index contributed by atoms with van der Waals surface area (Å²) in [6.07, 6.45) is 3.36. The average molecular weight is 454 g/mol. The Morgan fingerprint density at radius 2 is 1.76 bits per heavy atom. The summed E-state index contributed by atoms with van der Waals surface area (Å²) in [5, 5.41) is 5.84. The molecular weight excluding hydrogens is 418 g/mol. The van der Waals surface area contributed by atoms with E-state index >= 15 is 0 Å². The molecule has 178 valence electrons. The van der Waals surface area contributed by atoms with Gasteiger partial charge in [0.05, 0.1) is 12.8 Å². The molecule has 1 unspecified atom stereocenters. The highest BCUT2D eigenvalue weighted by molar-refractivity contribution is 5.97. The lowest BCUT2D eigenvalue weighted by atomic mass is 9.87. The van der Waals surface area contributed by atoms with Gasteiger partial charge in [-0.05, 0) is 55.4 Å². The number of nitrogens with zero attached hydrogens (tertiary/aromatic N) is 1. The van der Waals surface area contributed by atoms with Gasteiger partial charge in [0.25, 0.3) is 5.91 Å². The number of hydrogen-bond donors (Lipinski definition) is 2. The number of aryl methyl sites for hydroxylation is 1. The third-order valence-corrected chi connectivity index (χ3v) is 5.95. The molecule has 1 aromatic heterocycles. The van der Waals surface area contributed by atoms with Crippen LogP contribution in [0.5, 0.6) is 0 Å². The first kappa shape index (κ1) is 24.6. The van der Waals surface area contributed by atoms with Crippen molar-refractivity contribution in [2.24, 2.45) is 11.3 Å². The quantitative estimate of drug-likeness (QED) is 0.669. The van der Waals surface area contributed by atoms with E-state index in [1.54, 1.807) is 30.5 Å². The van der Waals surface area contributed by atoms with Crippen LogP contribution >= 0.6 is 0 Å². The van der Waals surface area contributed by atoms with E-state index in [4.69, 9.17) is 4.42 Å². The summed E-state index contributed by atoms with van der Waals surface area (Å²) < 4.78 is 5.30. The first-order chi connectivity index (χ1) is 15.6. The summed E-state index contributed by atoms with van der Waals surface area (Å²) in [6, 6.07) is 10.1. The highest BCUT2D eigenvalue weighted by Gasteiger charge is 2.34. The van der Waals surface area contributed by atoms with Crippen molar-refractivity contribution in [2.75, 3.05) is 13.1 Å². The third-order valence-electron chi connectivity index (χ3n) is 5.95. The lowest BCUT2D eigenvalue weighted by Crippen LogP contribution is -2.53. The molecule has 0 saturated carbocycles. The van der Waals surface area contributed by atoms with Gasteiger partial charge in [-0.15, -0.1) is 0 Å². The molecule has 7 heteroatoms. The predicted octanol–water partition coefficient (Wildman–Crippen LogP) is 3.68. The Morgan fingerprint density at radius 3 is 2.33 bits per heavy atom. The van der Waals surface area contributed by atoms with Crippen molar-refractivity contribution in [3.8, 4) is 0 Å². The zero-order chi connectivity index (χ0) is 24.0. The zero-order valence-corrected chi connectivity index (χ0v) is 20.0. The zero-order valence-electron chi connectivity index (χ0n) is 20.0. The lowest BCUT2D eigenvalue weighted by molar-refractivity contribution is -0.134. The molecule has 1 aliphatic heterocycles. The minimum atomic E-state index is -0.686. The molecule has 3 amide bonds. The Kier molecular flexibility index (Phi) is 7.95. The van der Waals surface area contributed by atoms with Crippen LogP contribution in [0, 0.1) is 18.3 Å². The Labute approximate surface area is 195 Å². The van der Waals surface area contributed by atoms with Crippen LogP contribution in [-0.4, -0.2) is 41.8 Å². The number of benzene rings is 1. The molecule has 7 nitrogen and oxygen atoms in total. The number of carbonyl (C=O) groups is 3. The summed E-state index contributed by atoms with van der Waals surface area (Å²) in [5.41, 5.74) is 1.51. The summed E-state index contributed by atoms with van der Waals surface area (Å²) in [4.78, 5) is 40.5. The number of carbonyl (C=O) groups excluding carboxylic acids is 3. The number of rotatable bonds is 7. The van der Waals surface area contributed by atoms with Crippen LogP contribution in [0.2, 0.25) is 0 Å². The van der Waals surface area contributed by atoms with Gasteiger partial charge in [0, 0.05) is 25.1 Å². The molecule has 2 N–H and O–H groups in total. The molecule has 0 radical (unpaired) electrons. The minimum absolute atomic E-state index is 0.0605. The molecule has 1 atom stereocenters. The van der Waals surface area contributed by atoms with E-state index in [0.29, 0.717) is 43.7 Å². The van der Waals surface area contributed by atoms with Gasteiger partial charge < -0.3 is 20.0 Å². The first-order valence-electron chi connectivity index (χ1n) is 11.6. The van der Waals surface area contributed by atoms with E-state index in [9.17, 15) is 14.4 Å². The lowest BCUT2D eigenvalue weighted by Gasteiger charge is -2.36. The second-order valence-corrected chi connectivity index (χ2v) is 10.1. The standard InChI is InChI=1S/C26H35N3O4/c1-18-7-9-20(10-8-18)24(31)28-23(25(32)27-17-21-6-5-15-33-21)19-11-13-29(14-12-19)22(30)16-26(2,3)4/h5-10,15,19,23H,11-14,16-17H2,1-4H3,(H,27,32)(H,28,31). The van der Waals surface area contributed by atoms with Crippen LogP contribution in [0.4, 0.5) is 0 Å². The summed E-state index contributed by atoms with van der Waals surface area (Å²) in [6.45, 7) is 9.55. The van der Waals surface area contributed by atoms with Crippen molar-refractivity contribution in [3.63, 3.8) is 0 Å². The van der Waals surface area contributed by atoms with Crippen molar-refractivity contribution in [3.05, 3.63) is 59.5 Å². The maximum atomic E-state index is 13.1. The van der Waals surface area contributed by atoms with E-state index in [0.717, 1.165) is 5.56 Å². The highest BCUT2D eigenvalue weighted by atomic mass is 16.3. The third kappa shape index (κ3) is 7.20. The number of amides is 3. The Balaban J connectivity index is 1.67. The number of furan rings is 1. The monoisotopic (exact) mass is 453 g/mol. The molecule has 1 aromatic carbocycles. The van der Waals surface area contributed by atoms with E-state index in [2.05, 4.69) is 31.4 Å². The maximum Gasteiger partial charge on any atom is 0.251 e. The average Bonchev–Trinajstić information content (AvgIpc) is 3.29. The van der Waals surface area contributed by atoms with Crippen molar-refractivity contribution in [2.45, 2.75) is 59.5 Å². The molecule has 2 aromatic rings. The van der Waals surface area contributed by atoms with E-state index in [-0.39, 0.29) is 35.6 Å². The molecule has 1 aliphatic rings. The van der Waals surface area contributed by atoms with Gasteiger partial charge in [-0.25, -0.2) is 0 Å². The summed E-state index contributed by atoms with van der Waals surface area (Å²) in [7, 11) is 0. The molecule has 1 fully saturated rings. The van der Waals surface area contributed by atoms with E-state index in [1.165, 1.54) is 0 Å². The topological polar surface area (TPSA) is 91.7 Å². The molecular formula is C26H35N3O4. The van der Waals surface area contributed by atoms with Crippen molar-refractivity contribution >= 4 is 17.7 Å². The van der Waals surface area contributed by atoms with Gasteiger partial charge in [-0.2, -0.15) is 0 Å². The van der Waals surface area contributed by atoms with Gasteiger partial charge in [0.2, 0.25) is 11.8 Å². The summed E-state index contributed by atoms with van der Waals surface area (Å²) >= 11 is 0. The van der Waals surface area contributed by atoms with Gasteiger partial charge in [0.1, 0.15) is 11.8 Å². The SMILES string of the molecule is Cc1ccc(C(=O)NC(C(=O)NCc2ccco2)C2CCN(C(=O)CC(C)(C)C)CC2)cc1. The number of nitrogens with one attached hydrogen (secondary N) is 2. The van der Waals surface area contributed by atoms with Crippen molar-refractivity contribution < 1.29 is 18.8 Å². The van der Waals surface area contributed by atoms with Crippen LogP contribution in [0.3, 0.4) is 0 Å². The molecule has 0 spiro atoms. The first-order valence-corrected chi connectivity index (χ1v) is 11.6. The fourth-order valence-corrected chi connectivity index (χ4v) is 4.07. The second kappa shape index (κ2) is 10.7. The fraction of sp³-hybridized carbons (Fsp3) is 0.500. The van der Waals surface area contributed by atoms with E-state index < -0.39 is 6.04 Å². The van der Waals surface area contributed by atoms with Gasteiger partial charge in [-0.3, -0.25) is 14.4 Å². The second-order valence-electron chi connectivity index (χ2n) is 10.1. The van der Waals surface area contributed by atoms with Crippen LogP contribution in [0.15, 0.2) is 47.1 Å². The normalized spacial score (nSPS) is 15.7. The molecule has 2 heterocycles. The molecule has 1 saturated heterocycles. The number of likely N-dealkylation sites (tertiary alicyclic amines) is 1. The molecule has 0 aliphatic carbocycles. The molecule has 33 heavy (non-hydrogen) atoms. The number of hydrogen-bond acceptors (Lipinski definition) is 4. The van der Waals surface area contributed by atoms with Crippen LogP contribution in [0.1, 0.15) is 61.7 Å². The Hall–Kier alpha value is -3.09. The van der Waals surface area contributed by atoms with Gasteiger partial charge in [-0.1, -0.05) is 38.5 Å². The molecule has 0 bridgehead atoms. The maximum absolute atomic E-state index is 13.1. The van der Waals surface area contributed by atoms with Crippen molar-refractivity contribution in [1.29, 1.82) is 0 Å². The van der Waals surface area contributed by atoms with Crippen LogP contribution in [0.25, 0.3) is 0 Å². The fourth-order valence-electron chi connectivity index (χ4n) is 4.07. The highest BCUT2D eigenvalue weighted by Crippen LogP contribution is 2.25. The Bertz CT molecular complexity index is 937. The minimum Gasteiger partial charge on any atom is -0.467 e.